The van der Waals surface area contributed by atoms with Crippen molar-refractivity contribution < 1.29 is 9.59 Å². The van der Waals surface area contributed by atoms with Crippen LogP contribution in [0.25, 0.3) is 0 Å². The highest BCUT2D eigenvalue weighted by atomic mass is 16.2. The van der Waals surface area contributed by atoms with Gasteiger partial charge in [-0.25, -0.2) is 5.01 Å². The highest BCUT2D eigenvalue weighted by molar-refractivity contribution is 6.39. The molecule has 19 heavy (non-hydrogen) atoms. The fraction of sp³-hybridized carbons (Fsp3) is 0.786. The van der Waals surface area contributed by atoms with Gasteiger partial charge >= 0.3 is 0 Å². The minimum Gasteiger partial charge on any atom is -0.348 e. The molecular weight excluding hydrogens is 242 g/mol. The summed E-state index contributed by atoms with van der Waals surface area (Å²) in [6.45, 7) is 6.41. The van der Waals surface area contributed by atoms with E-state index in [-0.39, 0.29) is 17.9 Å². The fourth-order valence-corrected chi connectivity index (χ4v) is 2.04. The van der Waals surface area contributed by atoms with Crippen molar-refractivity contribution in [3.05, 3.63) is 0 Å². The Kier molecular flexibility index (Phi) is 5.99. The number of hydrogen-bond acceptors (Lipinski definition) is 3. The van der Waals surface area contributed by atoms with Crippen molar-refractivity contribution in [2.45, 2.75) is 58.9 Å². The zero-order valence-corrected chi connectivity index (χ0v) is 12.4. The molecule has 0 fully saturated rings. The van der Waals surface area contributed by atoms with Crippen LogP contribution in [0.1, 0.15) is 52.9 Å². The molecule has 5 heteroatoms. The molecule has 0 radical (unpaired) electrons. The summed E-state index contributed by atoms with van der Waals surface area (Å²) in [6, 6.07) is 0.150. The average Bonchev–Trinajstić information content (AvgIpc) is 2.32. The minimum absolute atomic E-state index is 0.0402. The van der Waals surface area contributed by atoms with E-state index in [0.717, 1.165) is 12.8 Å². The molecule has 1 rings (SSSR count). The van der Waals surface area contributed by atoms with Crippen LogP contribution >= 0.6 is 0 Å². The normalized spacial score (nSPS) is 17.4. The minimum atomic E-state index is -0.142. The molecule has 2 amide bonds. The third-order valence-electron chi connectivity index (χ3n) is 3.27. The molecule has 5 nitrogen and oxygen atoms in total. The Balaban J connectivity index is 2.38. The lowest BCUT2D eigenvalue weighted by molar-refractivity contribution is -0.130. The number of hydrazone groups is 1. The summed E-state index contributed by atoms with van der Waals surface area (Å²) in [7, 11) is 1.58. The molecule has 0 aromatic rings. The lowest BCUT2D eigenvalue weighted by Gasteiger charge is -2.20. The Morgan fingerprint density at radius 2 is 2.00 bits per heavy atom. The molecule has 0 saturated heterocycles. The van der Waals surface area contributed by atoms with Gasteiger partial charge in [0, 0.05) is 25.9 Å². The van der Waals surface area contributed by atoms with Gasteiger partial charge in [0.25, 0.3) is 5.91 Å². The Morgan fingerprint density at radius 3 is 2.58 bits per heavy atom. The maximum absolute atomic E-state index is 12.0. The SMILES string of the molecule is CC(C)CCC[C@@H](C)NC(=O)C1=NN(C)C(=O)CC1. The number of nitrogens with zero attached hydrogens (tertiary/aromatic N) is 2. The molecule has 0 aromatic carbocycles. The van der Waals surface area contributed by atoms with Crippen molar-refractivity contribution in [3.8, 4) is 0 Å². The molecule has 1 aliphatic heterocycles. The number of hydrogen-bond donors (Lipinski definition) is 1. The van der Waals surface area contributed by atoms with Crippen LogP contribution in [0, 0.1) is 5.92 Å². The Morgan fingerprint density at radius 1 is 1.32 bits per heavy atom. The van der Waals surface area contributed by atoms with Crippen molar-refractivity contribution >= 4 is 17.5 Å². The van der Waals surface area contributed by atoms with Crippen molar-refractivity contribution in [3.63, 3.8) is 0 Å². The molecule has 1 N–H and O–H groups in total. The largest absolute Gasteiger partial charge is 0.348 e. The first-order chi connectivity index (χ1) is 8.90. The summed E-state index contributed by atoms with van der Waals surface area (Å²) >= 11 is 0. The van der Waals surface area contributed by atoms with E-state index in [1.165, 1.54) is 11.4 Å². The molecule has 0 spiro atoms. The van der Waals surface area contributed by atoms with Gasteiger partial charge in [0.2, 0.25) is 5.91 Å². The monoisotopic (exact) mass is 267 g/mol. The standard InChI is InChI=1S/C14H25N3O2/c1-10(2)6-5-7-11(3)15-14(19)12-8-9-13(18)17(4)16-12/h10-11H,5-9H2,1-4H3,(H,15,19)/t11-/m1/s1. The second-order valence-corrected chi connectivity index (χ2v) is 5.66. The molecule has 1 aliphatic rings. The first-order valence-corrected chi connectivity index (χ1v) is 7.05. The summed E-state index contributed by atoms with van der Waals surface area (Å²) in [5.74, 6) is 0.517. The summed E-state index contributed by atoms with van der Waals surface area (Å²) in [6.07, 6.45) is 4.08. The van der Waals surface area contributed by atoms with E-state index in [2.05, 4.69) is 24.3 Å². The molecule has 0 bridgehead atoms. The summed E-state index contributed by atoms with van der Waals surface area (Å²) in [5.41, 5.74) is 0.456. The van der Waals surface area contributed by atoms with Gasteiger partial charge < -0.3 is 5.32 Å². The molecule has 0 aliphatic carbocycles. The molecular formula is C14H25N3O2. The third kappa shape index (κ3) is 5.41. The zero-order valence-electron chi connectivity index (χ0n) is 12.4. The first-order valence-electron chi connectivity index (χ1n) is 7.05. The maximum Gasteiger partial charge on any atom is 0.267 e. The molecule has 0 unspecified atom stereocenters. The van der Waals surface area contributed by atoms with Gasteiger partial charge in [-0.2, -0.15) is 5.10 Å². The predicted molar refractivity (Wildman–Crippen MR) is 75.7 cm³/mol. The summed E-state index contributed by atoms with van der Waals surface area (Å²) < 4.78 is 0. The highest BCUT2D eigenvalue weighted by Gasteiger charge is 2.22. The number of carbonyl (C=O) groups is 2. The van der Waals surface area contributed by atoms with E-state index in [0.29, 0.717) is 24.5 Å². The maximum atomic E-state index is 12.0. The van der Waals surface area contributed by atoms with Crippen molar-refractivity contribution in [2.24, 2.45) is 11.0 Å². The Hall–Kier alpha value is -1.39. The van der Waals surface area contributed by atoms with Gasteiger partial charge in [0.1, 0.15) is 5.71 Å². The van der Waals surface area contributed by atoms with Gasteiger partial charge in [-0.05, 0) is 19.3 Å². The van der Waals surface area contributed by atoms with Crippen molar-refractivity contribution in [1.29, 1.82) is 0 Å². The van der Waals surface area contributed by atoms with E-state index in [1.54, 1.807) is 7.05 Å². The average molecular weight is 267 g/mol. The summed E-state index contributed by atoms with van der Waals surface area (Å²) in [5, 5.41) is 8.22. The van der Waals surface area contributed by atoms with Crippen LogP contribution in [0.5, 0.6) is 0 Å². The van der Waals surface area contributed by atoms with Crippen LogP contribution in [0.4, 0.5) is 0 Å². The van der Waals surface area contributed by atoms with Crippen LogP contribution < -0.4 is 5.32 Å². The van der Waals surface area contributed by atoms with Gasteiger partial charge in [-0.15, -0.1) is 0 Å². The molecule has 0 saturated carbocycles. The Bertz CT molecular complexity index is 364. The molecule has 0 aromatic heterocycles. The van der Waals surface area contributed by atoms with Gasteiger partial charge in [0.05, 0.1) is 0 Å². The third-order valence-corrected chi connectivity index (χ3v) is 3.27. The summed E-state index contributed by atoms with van der Waals surface area (Å²) in [4.78, 5) is 23.3. The predicted octanol–water partition coefficient (Wildman–Crippen LogP) is 1.93. The lowest BCUT2D eigenvalue weighted by Crippen LogP contribution is -2.41. The zero-order chi connectivity index (χ0) is 14.4. The van der Waals surface area contributed by atoms with Crippen LogP contribution in [-0.4, -0.2) is 35.6 Å². The molecule has 1 atom stereocenters. The van der Waals surface area contributed by atoms with Crippen LogP contribution in [-0.2, 0) is 9.59 Å². The van der Waals surface area contributed by atoms with E-state index in [9.17, 15) is 9.59 Å². The Labute approximate surface area is 115 Å². The number of amides is 2. The highest BCUT2D eigenvalue weighted by Crippen LogP contribution is 2.10. The smallest absolute Gasteiger partial charge is 0.267 e. The van der Waals surface area contributed by atoms with Crippen molar-refractivity contribution in [2.75, 3.05) is 7.05 Å². The van der Waals surface area contributed by atoms with E-state index < -0.39 is 0 Å². The molecule has 1 heterocycles. The molecule has 108 valence electrons. The van der Waals surface area contributed by atoms with Gasteiger partial charge in [-0.1, -0.05) is 26.7 Å². The van der Waals surface area contributed by atoms with Gasteiger partial charge in [-0.3, -0.25) is 9.59 Å². The number of carbonyl (C=O) groups excluding carboxylic acids is 2. The number of nitrogens with one attached hydrogen (secondary N) is 1. The van der Waals surface area contributed by atoms with E-state index >= 15 is 0 Å². The van der Waals surface area contributed by atoms with Crippen molar-refractivity contribution in [1.82, 2.24) is 10.3 Å². The van der Waals surface area contributed by atoms with E-state index in [1.807, 2.05) is 6.92 Å². The second-order valence-electron chi connectivity index (χ2n) is 5.66. The fourth-order valence-electron chi connectivity index (χ4n) is 2.04. The number of rotatable bonds is 6. The topological polar surface area (TPSA) is 61.8 Å². The first kappa shape index (κ1) is 15.7. The second kappa shape index (κ2) is 7.26. The van der Waals surface area contributed by atoms with E-state index in [4.69, 9.17) is 0 Å². The van der Waals surface area contributed by atoms with Crippen LogP contribution in [0.2, 0.25) is 0 Å². The van der Waals surface area contributed by atoms with Crippen LogP contribution in [0.3, 0.4) is 0 Å². The van der Waals surface area contributed by atoms with Crippen LogP contribution in [0.15, 0.2) is 5.10 Å². The lowest BCUT2D eigenvalue weighted by atomic mass is 10.0. The van der Waals surface area contributed by atoms with Gasteiger partial charge in [0.15, 0.2) is 0 Å². The quantitative estimate of drug-likeness (QED) is 0.799.